The van der Waals surface area contributed by atoms with Crippen LogP contribution in [0.5, 0.6) is 0 Å². The Labute approximate surface area is 136 Å². The number of halogens is 2. The molecule has 0 aliphatic heterocycles. The lowest BCUT2D eigenvalue weighted by Gasteiger charge is -2.27. The van der Waals surface area contributed by atoms with E-state index in [1.807, 2.05) is 12.1 Å². The Kier molecular flexibility index (Phi) is 4.75. The molecule has 0 unspecified atom stereocenters. The largest absolute Gasteiger partial charge is 0.328 e. The number of nitrogens with zero attached hydrogens (tertiary/aromatic N) is 2. The Hall–Kier alpha value is -0.730. The Morgan fingerprint density at radius 1 is 1.24 bits per heavy atom. The molecule has 0 spiro atoms. The number of aromatic nitrogens is 2. The molecule has 2 nitrogen and oxygen atoms in total. The molecule has 114 valence electrons. The molecule has 0 amide bonds. The lowest BCUT2D eigenvalue weighted by molar-refractivity contribution is 0.265. The van der Waals surface area contributed by atoms with Gasteiger partial charge in [0, 0.05) is 23.9 Å². The van der Waals surface area contributed by atoms with E-state index in [0.29, 0.717) is 5.88 Å². The highest BCUT2D eigenvalue weighted by Crippen LogP contribution is 2.31. The minimum Gasteiger partial charge on any atom is -0.328 e. The normalized spacial score (nSPS) is 22.8. The number of hydrogen-bond donors (Lipinski definition) is 0. The van der Waals surface area contributed by atoms with Crippen molar-refractivity contribution in [1.29, 1.82) is 0 Å². The Morgan fingerprint density at radius 2 is 2.00 bits per heavy atom. The first-order valence-electron chi connectivity index (χ1n) is 7.88. The molecule has 1 aromatic carbocycles. The summed E-state index contributed by atoms with van der Waals surface area (Å²) in [6.07, 6.45) is 6.18. The van der Waals surface area contributed by atoms with E-state index in [4.69, 9.17) is 28.2 Å². The van der Waals surface area contributed by atoms with Gasteiger partial charge in [0.15, 0.2) is 0 Å². The van der Waals surface area contributed by atoms with Crippen molar-refractivity contribution in [3.63, 3.8) is 0 Å². The Balaban J connectivity index is 1.89. The van der Waals surface area contributed by atoms with Crippen LogP contribution < -0.4 is 0 Å². The first-order chi connectivity index (χ1) is 10.2. The minimum atomic E-state index is 0.610. The highest BCUT2D eigenvalue weighted by Gasteiger charge is 2.21. The van der Waals surface area contributed by atoms with E-state index in [2.05, 4.69) is 17.6 Å². The fraction of sp³-hybridized carbons (Fsp3) is 0.588. The standard InChI is InChI=1S/C17H22Cl2N2/c1-12-2-4-13(5-3-12)11-21-16-7-6-14(19)10-15(16)20-17(21)8-9-18/h6-7,10,12-13H,2-5,8-9,11H2,1H3. The van der Waals surface area contributed by atoms with Crippen molar-refractivity contribution in [2.24, 2.45) is 11.8 Å². The van der Waals surface area contributed by atoms with E-state index >= 15 is 0 Å². The van der Waals surface area contributed by atoms with Gasteiger partial charge < -0.3 is 4.57 Å². The van der Waals surface area contributed by atoms with Gasteiger partial charge in [-0.15, -0.1) is 11.6 Å². The average molecular weight is 325 g/mol. The van der Waals surface area contributed by atoms with Crippen molar-refractivity contribution < 1.29 is 0 Å². The van der Waals surface area contributed by atoms with E-state index < -0.39 is 0 Å². The summed E-state index contributed by atoms with van der Waals surface area (Å²) in [6.45, 7) is 3.43. The molecule has 21 heavy (non-hydrogen) atoms. The van der Waals surface area contributed by atoms with Crippen LogP contribution >= 0.6 is 23.2 Å². The maximum Gasteiger partial charge on any atom is 0.111 e. The summed E-state index contributed by atoms with van der Waals surface area (Å²) in [5.41, 5.74) is 2.19. The molecule has 0 saturated heterocycles. The fourth-order valence-electron chi connectivity index (χ4n) is 3.40. The van der Waals surface area contributed by atoms with Crippen LogP contribution in [0.3, 0.4) is 0 Å². The Morgan fingerprint density at radius 3 is 2.71 bits per heavy atom. The van der Waals surface area contributed by atoms with Crippen molar-refractivity contribution in [1.82, 2.24) is 9.55 Å². The lowest BCUT2D eigenvalue weighted by atomic mass is 9.83. The maximum absolute atomic E-state index is 6.09. The zero-order valence-corrected chi connectivity index (χ0v) is 14.0. The molecule has 1 aliphatic carbocycles. The highest BCUT2D eigenvalue weighted by atomic mass is 35.5. The van der Waals surface area contributed by atoms with Gasteiger partial charge in [0.2, 0.25) is 0 Å². The number of rotatable bonds is 4. The molecule has 1 saturated carbocycles. The number of imidazole rings is 1. The molecule has 1 heterocycles. The Bertz CT molecular complexity index is 613. The van der Waals surface area contributed by atoms with Crippen molar-refractivity contribution >= 4 is 34.2 Å². The third-order valence-corrected chi connectivity index (χ3v) is 5.11. The van der Waals surface area contributed by atoms with Gasteiger partial charge in [0.25, 0.3) is 0 Å². The minimum absolute atomic E-state index is 0.610. The topological polar surface area (TPSA) is 17.8 Å². The number of hydrogen-bond acceptors (Lipinski definition) is 1. The van der Waals surface area contributed by atoms with Gasteiger partial charge in [-0.1, -0.05) is 31.4 Å². The SMILES string of the molecule is CC1CCC(Cn2c(CCCl)nc3cc(Cl)ccc32)CC1. The van der Waals surface area contributed by atoms with Gasteiger partial charge in [-0.3, -0.25) is 0 Å². The van der Waals surface area contributed by atoms with Crippen LogP contribution in [-0.2, 0) is 13.0 Å². The predicted molar refractivity (Wildman–Crippen MR) is 90.3 cm³/mol. The van der Waals surface area contributed by atoms with Crippen LogP contribution in [-0.4, -0.2) is 15.4 Å². The van der Waals surface area contributed by atoms with Crippen LogP contribution in [0, 0.1) is 11.8 Å². The molecule has 2 aromatic rings. The van der Waals surface area contributed by atoms with E-state index in [9.17, 15) is 0 Å². The van der Waals surface area contributed by atoms with Crippen molar-refractivity contribution in [3.05, 3.63) is 29.0 Å². The van der Waals surface area contributed by atoms with E-state index in [1.165, 1.54) is 31.2 Å². The van der Waals surface area contributed by atoms with E-state index in [1.54, 1.807) is 0 Å². The van der Waals surface area contributed by atoms with Gasteiger partial charge in [-0.2, -0.15) is 0 Å². The summed E-state index contributed by atoms with van der Waals surface area (Å²) in [5, 5.41) is 0.746. The molecule has 3 rings (SSSR count). The monoisotopic (exact) mass is 324 g/mol. The van der Waals surface area contributed by atoms with Crippen LogP contribution in [0.25, 0.3) is 11.0 Å². The van der Waals surface area contributed by atoms with Crippen LogP contribution in [0.2, 0.25) is 5.02 Å². The second kappa shape index (κ2) is 6.58. The van der Waals surface area contributed by atoms with Gasteiger partial charge in [0.05, 0.1) is 11.0 Å². The molecule has 0 radical (unpaired) electrons. The van der Waals surface area contributed by atoms with E-state index in [0.717, 1.165) is 41.2 Å². The number of aryl methyl sites for hydroxylation is 1. The maximum atomic E-state index is 6.09. The molecule has 1 aromatic heterocycles. The van der Waals surface area contributed by atoms with Crippen LogP contribution in [0.15, 0.2) is 18.2 Å². The summed E-state index contributed by atoms with van der Waals surface area (Å²) >= 11 is 12.0. The molecule has 1 aliphatic rings. The van der Waals surface area contributed by atoms with Crippen LogP contribution in [0.1, 0.15) is 38.4 Å². The van der Waals surface area contributed by atoms with E-state index in [-0.39, 0.29) is 0 Å². The van der Waals surface area contributed by atoms with Gasteiger partial charge in [0.1, 0.15) is 5.82 Å². The first-order valence-corrected chi connectivity index (χ1v) is 8.79. The van der Waals surface area contributed by atoms with Crippen molar-refractivity contribution in [2.75, 3.05) is 5.88 Å². The summed E-state index contributed by atoms with van der Waals surface area (Å²) < 4.78 is 2.37. The van der Waals surface area contributed by atoms with Gasteiger partial charge >= 0.3 is 0 Å². The third kappa shape index (κ3) is 3.37. The third-order valence-electron chi connectivity index (χ3n) is 4.68. The van der Waals surface area contributed by atoms with Gasteiger partial charge in [-0.05, 0) is 42.9 Å². The molecule has 1 fully saturated rings. The number of fused-ring (bicyclic) bond motifs is 1. The van der Waals surface area contributed by atoms with Crippen LogP contribution in [0.4, 0.5) is 0 Å². The predicted octanol–water partition coefficient (Wildman–Crippen LogP) is 5.30. The van der Waals surface area contributed by atoms with Gasteiger partial charge in [-0.25, -0.2) is 4.98 Å². The van der Waals surface area contributed by atoms with Crippen molar-refractivity contribution in [2.45, 2.75) is 45.6 Å². The summed E-state index contributed by atoms with van der Waals surface area (Å²) in [4.78, 5) is 4.74. The molecule has 0 bridgehead atoms. The molecular weight excluding hydrogens is 303 g/mol. The zero-order valence-electron chi connectivity index (χ0n) is 12.5. The summed E-state index contributed by atoms with van der Waals surface area (Å²) in [7, 11) is 0. The molecule has 4 heteroatoms. The molecule has 0 N–H and O–H groups in total. The summed E-state index contributed by atoms with van der Waals surface area (Å²) in [6, 6.07) is 6.00. The second-order valence-electron chi connectivity index (χ2n) is 6.34. The van der Waals surface area contributed by atoms with Crippen molar-refractivity contribution in [3.8, 4) is 0 Å². The smallest absolute Gasteiger partial charge is 0.111 e. The summed E-state index contributed by atoms with van der Waals surface area (Å²) in [5.74, 6) is 3.37. The first kappa shape index (κ1) is 15.2. The molecule has 0 atom stereocenters. The zero-order chi connectivity index (χ0) is 14.8. The number of benzene rings is 1. The average Bonchev–Trinajstić information content (AvgIpc) is 2.79. The second-order valence-corrected chi connectivity index (χ2v) is 7.15. The fourth-order valence-corrected chi connectivity index (χ4v) is 3.74. The lowest BCUT2D eigenvalue weighted by Crippen LogP contribution is -2.19. The highest BCUT2D eigenvalue weighted by molar-refractivity contribution is 6.31. The number of alkyl halides is 1. The molecular formula is C17H22Cl2N2. The quantitative estimate of drug-likeness (QED) is 0.698.